The molecule has 0 aromatic carbocycles. The number of carbonyl (C=O) groups excluding carboxylic acids is 2. The largest absolute Gasteiger partial charge is 0.368 e. The van der Waals surface area contributed by atoms with Gasteiger partial charge in [0.05, 0.1) is 17.3 Å². The van der Waals surface area contributed by atoms with Gasteiger partial charge in [0.15, 0.2) is 0 Å². The van der Waals surface area contributed by atoms with Crippen molar-refractivity contribution in [1.82, 2.24) is 9.80 Å². The minimum atomic E-state index is -3.46. The van der Waals surface area contributed by atoms with Gasteiger partial charge in [0.1, 0.15) is 6.10 Å². The van der Waals surface area contributed by atoms with Gasteiger partial charge in [-0.15, -0.1) is 0 Å². The van der Waals surface area contributed by atoms with Crippen molar-refractivity contribution in [2.24, 2.45) is 17.0 Å². The number of primary sulfonamides is 1. The van der Waals surface area contributed by atoms with Crippen LogP contribution in [0.5, 0.6) is 0 Å². The number of carbonyl (C=O) groups is 2. The van der Waals surface area contributed by atoms with Gasteiger partial charge in [-0.25, -0.2) is 13.6 Å². The predicted octanol–water partition coefficient (Wildman–Crippen LogP) is 1.63. The highest BCUT2D eigenvalue weighted by Crippen LogP contribution is 2.43. The van der Waals surface area contributed by atoms with Crippen LogP contribution in [0.25, 0.3) is 0 Å². The molecule has 0 spiro atoms. The Bertz CT molecular complexity index is 789. The Kier molecular flexibility index (Phi) is 6.66. The number of amides is 2. The average molecular weight is 456 g/mol. The van der Waals surface area contributed by atoms with Crippen molar-refractivity contribution in [2.75, 3.05) is 13.2 Å². The molecule has 5 atom stereocenters. The van der Waals surface area contributed by atoms with Gasteiger partial charge in [0, 0.05) is 26.1 Å². The van der Waals surface area contributed by atoms with E-state index in [-0.39, 0.29) is 36.0 Å². The molecule has 4 fully saturated rings. The van der Waals surface area contributed by atoms with Crippen LogP contribution in [-0.2, 0) is 24.3 Å². The average Bonchev–Trinajstić information content (AvgIpc) is 3.26. The number of hydrogen-bond donors (Lipinski definition) is 1. The molecule has 2 aliphatic carbocycles. The summed E-state index contributed by atoms with van der Waals surface area (Å²) < 4.78 is 29.1. The van der Waals surface area contributed by atoms with E-state index >= 15 is 0 Å². The molecular weight excluding hydrogens is 418 g/mol. The first-order valence-corrected chi connectivity index (χ1v) is 13.5. The number of hydrogen-bond acceptors (Lipinski definition) is 5. The van der Waals surface area contributed by atoms with E-state index in [0.717, 1.165) is 44.9 Å². The van der Waals surface area contributed by atoms with E-state index in [2.05, 4.69) is 0 Å². The second-order valence-corrected chi connectivity index (χ2v) is 11.9. The highest BCUT2D eigenvalue weighted by Gasteiger charge is 2.49. The monoisotopic (exact) mass is 455 g/mol. The maximum atomic E-state index is 13.3. The highest BCUT2D eigenvalue weighted by molar-refractivity contribution is 7.89. The number of sulfonamides is 1. The van der Waals surface area contributed by atoms with Gasteiger partial charge in [0.2, 0.25) is 15.9 Å². The minimum absolute atomic E-state index is 0.00542. The molecule has 2 heterocycles. The fourth-order valence-electron chi connectivity index (χ4n) is 6.73. The summed E-state index contributed by atoms with van der Waals surface area (Å²) in [7, 11) is -3.46. The lowest BCUT2D eigenvalue weighted by atomic mass is 9.69. The summed E-state index contributed by atoms with van der Waals surface area (Å²) in [5.74, 6) is 1.08. The molecule has 4 unspecified atom stereocenters. The van der Waals surface area contributed by atoms with Gasteiger partial charge >= 0.3 is 0 Å². The lowest BCUT2D eigenvalue weighted by molar-refractivity contribution is -0.160. The molecule has 4 rings (SSSR count). The Morgan fingerprint density at radius 3 is 2.23 bits per heavy atom. The molecule has 2 N–H and O–H groups in total. The van der Waals surface area contributed by atoms with Crippen LogP contribution in [0.4, 0.5) is 0 Å². The van der Waals surface area contributed by atoms with Crippen LogP contribution < -0.4 is 5.14 Å². The summed E-state index contributed by atoms with van der Waals surface area (Å²) >= 11 is 0. The first-order chi connectivity index (χ1) is 14.7. The number of rotatable bonds is 3. The lowest BCUT2D eigenvalue weighted by Gasteiger charge is -2.55. The van der Waals surface area contributed by atoms with Crippen molar-refractivity contribution < 1.29 is 22.7 Å². The fourth-order valence-corrected chi connectivity index (χ4v) is 7.66. The van der Waals surface area contributed by atoms with Gasteiger partial charge in [-0.2, -0.15) is 0 Å². The SMILES string of the molecule is CC(=O)N1C2CCC(C3CCC(S(N)(=O)=O)CC3)CC2N(C(=O)C2CCCO2)C[C@@H]1C. The quantitative estimate of drug-likeness (QED) is 0.695. The molecule has 2 amide bonds. The van der Waals surface area contributed by atoms with Crippen molar-refractivity contribution >= 4 is 21.8 Å². The molecule has 176 valence electrons. The zero-order chi connectivity index (χ0) is 22.3. The van der Waals surface area contributed by atoms with Crippen LogP contribution in [0.2, 0.25) is 0 Å². The van der Waals surface area contributed by atoms with E-state index < -0.39 is 15.3 Å². The zero-order valence-corrected chi connectivity index (χ0v) is 19.6. The van der Waals surface area contributed by atoms with Crippen molar-refractivity contribution in [2.45, 2.75) is 101 Å². The second kappa shape index (κ2) is 8.98. The molecule has 0 aromatic heterocycles. The molecular formula is C22H37N3O5S. The van der Waals surface area contributed by atoms with Crippen LogP contribution in [0.15, 0.2) is 0 Å². The third-order valence-electron chi connectivity index (χ3n) is 8.22. The van der Waals surface area contributed by atoms with Crippen molar-refractivity contribution in [3.8, 4) is 0 Å². The maximum absolute atomic E-state index is 13.3. The Labute approximate surface area is 185 Å². The molecule has 0 radical (unpaired) electrons. The highest BCUT2D eigenvalue weighted by atomic mass is 32.2. The van der Waals surface area contributed by atoms with Crippen LogP contribution in [0.3, 0.4) is 0 Å². The third kappa shape index (κ3) is 4.64. The molecule has 8 nitrogen and oxygen atoms in total. The summed E-state index contributed by atoms with van der Waals surface area (Å²) in [5.41, 5.74) is 0. The summed E-state index contributed by atoms with van der Waals surface area (Å²) in [4.78, 5) is 29.8. The molecule has 2 saturated carbocycles. The van der Waals surface area contributed by atoms with Crippen LogP contribution in [-0.4, -0.2) is 72.7 Å². The van der Waals surface area contributed by atoms with Crippen molar-refractivity contribution in [3.05, 3.63) is 0 Å². The second-order valence-electron chi connectivity index (χ2n) is 10.1. The van der Waals surface area contributed by atoms with E-state index in [9.17, 15) is 18.0 Å². The third-order valence-corrected chi connectivity index (χ3v) is 9.62. The number of fused-ring (bicyclic) bond motifs is 1. The lowest BCUT2D eigenvalue weighted by Crippen LogP contribution is -2.68. The van der Waals surface area contributed by atoms with Gasteiger partial charge in [-0.1, -0.05) is 0 Å². The Morgan fingerprint density at radius 2 is 1.65 bits per heavy atom. The molecule has 31 heavy (non-hydrogen) atoms. The predicted molar refractivity (Wildman–Crippen MR) is 116 cm³/mol. The Balaban J connectivity index is 1.50. The smallest absolute Gasteiger partial charge is 0.252 e. The van der Waals surface area contributed by atoms with Crippen LogP contribution >= 0.6 is 0 Å². The molecule has 0 bridgehead atoms. The number of nitrogens with zero attached hydrogens (tertiary/aromatic N) is 2. The van der Waals surface area contributed by atoms with E-state index in [1.54, 1.807) is 6.92 Å². The standard InChI is InChI=1S/C22H37N3O5S/c1-14-13-24(22(27)21-4-3-11-30-21)20-12-17(7-10-19(20)25(14)15(2)26)16-5-8-18(9-6-16)31(23,28)29/h14,16-21H,3-13H2,1-2H3,(H2,23,28,29)/t14-,16?,17?,18?,19?,20?,21?/m0/s1. The summed E-state index contributed by atoms with van der Waals surface area (Å²) in [6, 6.07) is 0.0842. The topological polar surface area (TPSA) is 110 Å². The van der Waals surface area contributed by atoms with Crippen molar-refractivity contribution in [1.29, 1.82) is 0 Å². The summed E-state index contributed by atoms with van der Waals surface area (Å²) in [6.07, 6.45) is 7.14. The van der Waals surface area contributed by atoms with E-state index in [1.807, 2.05) is 16.7 Å². The molecule has 9 heteroatoms. The van der Waals surface area contributed by atoms with Gasteiger partial charge in [0.25, 0.3) is 5.91 Å². The molecule has 4 aliphatic rings. The first-order valence-electron chi connectivity index (χ1n) is 11.9. The van der Waals surface area contributed by atoms with Crippen LogP contribution in [0, 0.1) is 11.8 Å². The van der Waals surface area contributed by atoms with E-state index in [1.165, 1.54) is 0 Å². The normalized spacial score (nSPS) is 39.3. The fraction of sp³-hybridized carbons (Fsp3) is 0.909. The molecule has 0 aromatic rings. The van der Waals surface area contributed by atoms with Crippen molar-refractivity contribution in [3.63, 3.8) is 0 Å². The maximum Gasteiger partial charge on any atom is 0.252 e. The minimum Gasteiger partial charge on any atom is -0.368 e. The number of nitrogens with two attached hydrogens (primary N) is 1. The Hall–Kier alpha value is -1.19. The van der Waals surface area contributed by atoms with Gasteiger partial charge in [-0.05, 0) is 76.5 Å². The summed E-state index contributed by atoms with van der Waals surface area (Å²) in [6.45, 7) is 4.87. The van der Waals surface area contributed by atoms with Crippen LogP contribution in [0.1, 0.15) is 71.6 Å². The Morgan fingerprint density at radius 1 is 0.968 bits per heavy atom. The number of piperazine rings is 1. The zero-order valence-electron chi connectivity index (χ0n) is 18.7. The van der Waals surface area contributed by atoms with Gasteiger partial charge in [-0.3, -0.25) is 9.59 Å². The molecule has 2 aliphatic heterocycles. The first kappa shape index (κ1) is 23.0. The summed E-state index contributed by atoms with van der Waals surface area (Å²) in [5, 5.41) is 4.95. The number of ether oxygens (including phenoxy) is 1. The van der Waals surface area contributed by atoms with E-state index in [4.69, 9.17) is 9.88 Å². The van der Waals surface area contributed by atoms with Gasteiger partial charge < -0.3 is 14.5 Å². The molecule has 2 saturated heterocycles. The van der Waals surface area contributed by atoms with E-state index in [0.29, 0.717) is 37.8 Å².